The maximum absolute atomic E-state index is 13.0. The van der Waals surface area contributed by atoms with E-state index in [4.69, 9.17) is 10.5 Å². The molecule has 1 fully saturated rings. The molecule has 0 saturated heterocycles. The summed E-state index contributed by atoms with van der Waals surface area (Å²) in [5.41, 5.74) is 5.82. The van der Waals surface area contributed by atoms with Crippen molar-refractivity contribution in [3.8, 4) is 5.75 Å². The average Bonchev–Trinajstić information content (AvgIpc) is 2.27. The minimum atomic E-state index is -0.272. The summed E-state index contributed by atoms with van der Waals surface area (Å²) >= 11 is 3.35. The van der Waals surface area contributed by atoms with Crippen LogP contribution in [0.25, 0.3) is 0 Å². The standard InChI is InChI=1S/C12H15BrFNO/c13-11-6-1-8(14)7-12(11)16-10-4-2-9(15)3-5-10/h1,6-7,9-10H,2-5,15H2. The van der Waals surface area contributed by atoms with Gasteiger partial charge in [0.2, 0.25) is 0 Å². The molecule has 1 aliphatic carbocycles. The van der Waals surface area contributed by atoms with Crippen molar-refractivity contribution in [3.63, 3.8) is 0 Å². The third kappa shape index (κ3) is 2.95. The molecule has 1 aromatic rings. The number of halogens is 2. The van der Waals surface area contributed by atoms with Gasteiger partial charge in [0.15, 0.2) is 0 Å². The minimum Gasteiger partial charge on any atom is -0.489 e. The van der Waals surface area contributed by atoms with E-state index in [1.807, 2.05) is 0 Å². The number of hydrogen-bond donors (Lipinski definition) is 1. The predicted octanol–water partition coefficient (Wildman–Crippen LogP) is 3.24. The average molecular weight is 288 g/mol. The molecule has 0 spiro atoms. The van der Waals surface area contributed by atoms with E-state index in [2.05, 4.69) is 15.9 Å². The first kappa shape index (κ1) is 11.9. The van der Waals surface area contributed by atoms with Crippen molar-refractivity contribution in [3.05, 3.63) is 28.5 Å². The van der Waals surface area contributed by atoms with E-state index in [0.29, 0.717) is 11.8 Å². The molecule has 0 heterocycles. The predicted molar refractivity (Wildman–Crippen MR) is 65.0 cm³/mol. The Hall–Kier alpha value is -0.610. The summed E-state index contributed by atoms with van der Waals surface area (Å²) in [6, 6.07) is 4.79. The normalized spacial score (nSPS) is 25.4. The Kier molecular flexibility index (Phi) is 3.82. The Balaban J connectivity index is 2.00. The molecule has 1 saturated carbocycles. The first-order valence-electron chi connectivity index (χ1n) is 5.52. The highest BCUT2D eigenvalue weighted by atomic mass is 79.9. The van der Waals surface area contributed by atoms with Gasteiger partial charge in [0.05, 0.1) is 10.6 Å². The highest BCUT2D eigenvalue weighted by Crippen LogP contribution is 2.29. The summed E-state index contributed by atoms with van der Waals surface area (Å²) in [6.07, 6.45) is 4.03. The quantitative estimate of drug-likeness (QED) is 0.906. The molecule has 2 nitrogen and oxygen atoms in total. The second kappa shape index (κ2) is 5.15. The van der Waals surface area contributed by atoms with Gasteiger partial charge in [-0.05, 0) is 53.7 Å². The van der Waals surface area contributed by atoms with Crippen molar-refractivity contribution < 1.29 is 9.13 Å². The van der Waals surface area contributed by atoms with Gasteiger partial charge in [0.25, 0.3) is 0 Å². The van der Waals surface area contributed by atoms with E-state index >= 15 is 0 Å². The zero-order chi connectivity index (χ0) is 11.5. The smallest absolute Gasteiger partial charge is 0.136 e. The van der Waals surface area contributed by atoms with E-state index in [9.17, 15) is 4.39 Å². The summed E-state index contributed by atoms with van der Waals surface area (Å²) in [5.74, 6) is 0.311. The fraction of sp³-hybridized carbons (Fsp3) is 0.500. The van der Waals surface area contributed by atoms with Crippen LogP contribution in [0, 0.1) is 5.82 Å². The van der Waals surface area contributed by atoms with E-state index in [1.165, 1.54) is 12.1 Å². The first-order valence-corrected chi connectivity index (χ1v) is 6.32. The number of ether oxygens (including phenoxy) is 1. The number of hydrogen-bond acceptors (Lipinski definition) is 2. The van der Waals surface area contributed by atoms with Crippen LogP contribution in [-0.2, 0) is 0 Å². The molecular weight excluding hydrogens is 273 g/mol. The largest absolute Gasteiger partial charge is 0.489 e. The monoisotopic (exact) mass is 287 g/mol. The van der Waals surface area contributed by atoms with Crippen LogP contribution in [0.5, 0.6) is 5.75 Å². The van der Waals surface area contributed by atoms with Crippen LogP contribution in [0.1, 0.15) is 25.7 Å². The molecule has 0 amide bonds. The molecule has 2 N–H and O–H groups in total. The lowest BCUT2D eigenvalue weighted by Crippen LogP contribution is -2.31. The summed E-state index contributed by atoms with van der Waals surface area (Å²) in [7, 11) is 0. The van der Waals surface area contributed by atoms with Crippen molar-refractivity contribution in [2.75, 3.05) is 0 Å². The molecule has 0 aromatic heterocycles. The Morgan fingerprint density at radius 3 is 2.62 bits per heavy atom. The van der Waals surface area contributed by atoms with Crippen molar-refractivity contribution in [1.29, 1.82) is 0 Å². The molecule has 0 bridgehead atoms. The topological polar surface area (TPSA) is 35.2 Å². The lowest BCUT2D eigenvalue weighted by Gasteiger charge is -2.27. The van der Waals surface area contributed by atoms with Crippen molar-refractivity contribution in [2.24, 2.45) is 5.73 Å². The molecule has 0 atom stereocenters. The lowest BCUT2D eigenvalue weighted by atomic mass is 9.94. The summed E-state index contributed by atoms with van der Waals surface area (Å²) in [4.78, 5) is 0. The molecule has 16 heavy (non-hydrogen) atoms. The highest BCUT2D eigenvalue weighted by Gasteiger charge is 2.20. The van der Waals surface area contributed by atoms with Gasteiger partial charge in [0, 0.05) is 12.1 Å². The molecule has 88 valence electrons. The number of rotatable bonds is 2. The van der Waals surface area contributed by atoms with Crippen LogP contribution < -0.4 is 10.5 Å². The summed E-state index contributed by atoms with van der Waals surface area (Å²) in [5, 5.41) is 0. The van der Waals surface area contributed by atoms with Gasteiger partial charge >= 0.3 is 0 Å². The van der Waals surface area contributed by atoms with Crippen LogP contribution in [0.2, 0.25) is 0 Å². The Morgan fingerprint density at radius 2 is 1.94 bits per heavy atom. The summed E-state index contributed by atoms with van der Waals surface area (Å²) in [6.45, 7) is 0. The number of nitrogens with two attached hydrogens (primary N) is 1. The van der Waals surface area contributed by atoms with Gasteiger partial charge in [0.1, 0.15) is 11.6 Å². The fourth-order valence-corrected chi connectivity index (χ4v) is 2.29. The molecule has 0 radical (unpaired) electrons. The van der Waals surface area contributed by atoms with E-state index in [1.54, 1.807) is 6.07 Å². The van der Waals surface area contributed by atoms with Gasteiger partial charge in [-0.2, -0.15) is 0 Å². The van der Waals surface area contributed by atoms with Gasteiger partial charge in [-0.3, -0.25) is 0 Å². The fourth-order valence-electron chi connectivity index (χ4n) is 1.95. The molecule has 1 aromatic carbocycles. The van der Waals surface area contributed by atoms with Crippen LogP contribution >= 0.6 is 15.9 Å². The zero-order valence-corrected chi connectivity index (χ0v) is 10.5. The van der Waals surface area contributed by atoms with E-state index in [0.717, 1.165) is 30.2 Å². The minimum absolute atomic E-state index is 0.165. The maximum atomic E-state index is 13.0. The van der Waals surface area contributed by atoms with Gasteiger partial charge in [-0.15, -0.1) is 0 Å². The van der Waals surface area contributed by atoms with Gasteiger partial charge in [-0.25, -0.2) is 4.39 Å². The summed E-state index contributed by atoms with van der Waals surface area (Å²) < 4.78 is 19.6. The zero-order valence-electron chi connectivity index (χ0n) is 8.96. The van der Waals surface area contributed by atoms with Gasteiger partial charge in [-0.1, -0.05) is 0 Å². The maximum Gasteiger partial charge on any atom is 0.136 e. The third-order valence-corrected chi connectivity index (χ3v) is 3.56. The third-order valence-electron chi connectivity index (χ3n) is 2.91. The highest BCUT2D eigenvalue weighted by molar-refractivity contribution is 9.10. The molecule has 0 unspecified atom stereocenters. The van der Waals surface area contributed by atoms with Crippen molar-refractivity contribution in [2.45, 2.75) is 37.8 Å². The van der Waals surface area contributed by atoms with Crippen molar-refractivity contribution >= 4 is 15.9 Å². The van der Waals surface area contributed by atoms with E-state index in [-0.39, 0.29) is 11.9 Å². The molecule has 1 aliphatic rings. The van der Waals surface area contributed by atoms with Gasteiger partial charge < -0.3 is 10.5 Å². The Bertz CT molecular complexity index is 364. The number of benzene rings is 1. The Morgan fingerprint density at radius 1 is 1.25 bits per heavy atom. The molecule has 4 heteroatoms. The molecule has 0 aliphatic heterocycles. The van der Waals surface area contributed by atoms with E-state index < -0.39 is 0 Å². The second-order valence-electron chi connectivity index (χ2n) is 4.23. The van der Waals surface area contributed by atoms with Crippen molar-refractivity contribution in [1.82, 2.24) is 0 Å². The lowest BCUT2D eigenvalue weighted by molar-refractivity contribution is 0.145. The molecule has 2 rings (SSSR count). The second-order valence-corrected chi connectivity index (χ2v) is 5.08. The molecular formula is C12H15BrFNO. The first-order chi connectivity index (χ1) is 7.65. The SMILES string of the molecule is NC1CCC(Oc2cc(F)ccc2Br)CC1. The van der Waals surface area contributed by atoms with Crippen LogP contribution in [-0.4, -0.2) is 12.1 Å². The van der Waals surface area contributed by atoms with Crippen LogP contribution in [0.15, 0.2) is 22.7 Å². The van der Waals surface area contributed by atoms with Crippen LogP contribution in [0.4, 0.5) is 4.39 Å². The van der Waals surface area contributed by atoms with Crippen LogP contribution in [0.3, 0.4) is 0 Å². The Labute approximate surface area is 103 Å².